The topological polar surface area (TPSA) is 52.0 Å². The Morgan fingerprint density at radius 2 is 2.42 bits per heavy atom. The van der Waals surface area contributed by atoms with Crippen molar-refractivity contribution >= 4 is 0 Å². The van der Waals surface area contributed by atoms with E-state index in [4.69, 9.17) is 4.74 Å². The summed E-state index contributed by atoms with van der Waals surface area (Å²) in [5.74, 6) is 1.08. The number of aromatic nitrogens is 3. The molecule has 2 unspecified atom stereocenters. The van der Waals surface area contributed by atoms with Gasteiger partial charge in [-0.2, -0.15) is 5.10 Å². The minimum Gasteiger partial charge on any atom is -0.378 e. The Kier molecular flexibility index (Phi) is 5.79. The summed E-state index contributed by atoms with van der Waals surface area (Å²) in [4.78, 5) is 4.35. The van der Waals surface area contributed by atoms with Gasteiger partial charge in [-0.3, -0.25) is 4.68 Å². The van der Waals surface area contributed by atoms with Crippen LogP contribution in [0.3, 0.4) is 0 Å². The zero-order valence-electron chi connectivity index (χ0n) is 12.1. The van der Waals surface area contributed by atoms with Crippen LogP contribution < -0.4 is 5.32 Å². The Hall–Kier alpha value is -0.940. The lowest BCUT2D eigenvalue weighted by atomic mass is 10.00. The summed E-state index contributed by atoms with van der Waals surface area (Å²) >= 11 is 0. The van der Waals surface area contributed by atoms with Gasteiger partial charge in [0.05, 0.1) is 6.10 Å². The van der Waals surface area contributed by atoms with E-state index in [1.165, 1.54) is 19.3 Å². The van der Waals surface area contributed by atoms with Crippen LogP contribution in [0, 0.1) is 0 Å². The molecule has 0 spiro atoms. The average molecular weight is 266 g/mol. The van der Waals surface area contributed by atoms with E-state index >= 15 is 0 Å². The van der Waals surface area contributed by atoms with Gasteiger partial charge in [-0.1, -0.05) is 0 Å². The minimum atomic E-state index is 0.458. The molecule has 1 saturated heterocycles. The van der Waals surface area contributed by atoms with Gasteiger partial charge in [-0.25, -0.2) is 4.98 Å². The first-order valence-corrected chi connectivity index (χ1v) is 7.49. The van der Waals surface area contributed by atoms with E-state index in [1.807, 2.05) is 11.7 Å². The van der Waals surface area contributed by atoms with E-state index < -0.39 is 0 Å². The molecule has 0 aromatic carbocycles. The van der Waals surface area contributed by atoms with E-state index in [0.717, 1.165) is 38.2 Å². The number of aryl methyl sites for hydroxylation is 1. The first-order chi connectivity index (χ1) is 9.33. The quantitative estimate of drug-likeness (QED) is 0.817. The number of ether oxygens (including phenoxy) is 1. The van der Waals surface area contributed by atoms with Gasteiger partial charge in [0.2, 0.25) is 0 Å². The number of hydrogen-bond acceptors (Lipinski definition) is 4. The molecule has 19 heavy (non-hydrogen) atoms. The summed E-state index contributed by atoms with van der Waals surface area (Å²) in [6.07, 6.45) is 9.11. The molecule has 1 N–H and O–H groups in total. The lowest BCUT2D eigenvalue weighted by Crippen LogP contribution is -2.31. The maximum absolute atomic E-state index is 5.79. The van der Waals surface area contributed by atoms with Gasteiger partial charge in [0.15, 0.2) is 0 Å². The molecule has 1 aromatic heterocycles. The van der Waals surface area contributed by atoms with Crippen molar-refractivity contribution in [3.63, 3.8) is 0 Å². The number of nitrogens with zero attached hydrogens (tertiary/aromatic N) is 3. The van der Waals surface area contributed by atoms with Crippen molar-refractivity contribution in [1.29, 1.82) is 0 Å². The highest BCUT2D eigenvalue weighted by atomic mass is 16.5. The molecule has 5 heteroatoms. The van der Waals surface area contributed by atoms with Crippen LogP contribution in [0.25, 0.3) is 0 Å². The lowest BCUT2D eigenvalue weighted by Gasteiger charge is -2.24. The third-order valence-corrected chi connectivity index (χ3v) is 3.94. The lowest BCUT2D eigenvalue weighted by molar-refractivity contribution is 0.00866. The van der Waals surface area contributed by atoms with Gasteiger partial charge in [0.1, 0.15) is 12.2 Å². The number of nitrogens with one attached hydrogen (secondary N) is 1. The Labute approximate surface area is 115 Å². The predicted molar refractivity (Wildman–Crippen MR) is 75.1 cm³/mol. The van der Waals surface area contributed by atoms with E-state index in [1.54, 1.807) is 6.33 Å². The van der Waals surface area contributed by atoms with Crippen LogP contribution in [0.4, 0.5) is 0 Å². The Morgan fingerprint density at radius 3 is 3.11 bits per heavy atom. The molecule has 1 aliphatic rings. The minimum absolute atomic E-state index is 0.458. The zero-order valence-corrected chi connectivity index (χ0v) is 12.1. The highest BCUT2D eigenvalue weighted by Gasteiger charge is 2.17. The fraction of sp³-hybridized carbons (Fsp3) is 0.857. The first-order valence-electron chi connectivity index (χ1n) is 7.49. The summed E-state index contributed by atoms with van der Waals surface area (Å²) in [5.41, 5.74) is 0. The van der Waals surface area contributed by atoms with Crippen molar-refractivity contribution < 1.29 is 4.74 Å². The summed E-state index contributed by atoms with van der Waals surface area (Å²) in [6, 6.07) is 0.458. The molecule has 1 aliphatic heterocycles. The summed E-state index contributed by atoms with van der Waals surface area (Å²) < 4.78 is 7.77. The average Bonchev–Trinajstić information content (AvgIpc) is 2.91. The molecule has 0 radical (unpaired) electrons. The zero-order chi connectivity index (χ0) is 13.5. The van der Waals surface area contributed by atoms with E-state index in [9.17, 15) is 0 Å². The van der Waals surface area contributed by atoms with Gasteiger partial charge in [-0.05, 0) is 46.1 Å². The molecule has 2 heterocycles. The Bertz CT molecular complexity index is 360. The van der Waals surface area contributed by atoms with Crippen LogP contribution in [0.1, 0.15) is 44.9 Å². The summed E-state index contributed by atoms with van der Waals surface area (Å²) in [7, 11) is 2.03. The summed E-state index contributed by atoms with van der Waals surface area (Å²) in [5, 5.41) is 7.62. The SMILES string of the molecule is CCn1ncnc1CC(CCC1CCCCO1)NC. The van der Waals surface area contributed by atoms with Crippen molar-refractivity contribution in [1.82, 2.24) is 20.1 Å². The third-order valence-electron chi connectivity index (χ3n) is 3.94. The van der Waals surface area contributed by atoms with Crippen LogP contribution in [0.2, 0.25) is 0 Å². The molecule has 0 saturated carbocycles. The Balaban J connectivity index is 1.79. The largest absolute Gasteiger partial charge is 0.378 e. The number of hydrogen-bond donors (Lipinski definition) is 1. The van der Waals surface area contributed by atoms with E-state index in [2.05, 4.69) is 22.3 Å². The van der Waals surface area contributed by atoms with Crippen LogP contribution in [-0.2, 0) is 17.7 Å². The summed E-state index contributed by atoms with van der Waals surface area (Å²) in [6.45, 7) is 3.93. The van der Waals surface area contributed by atoms with Crippen molar-refractivity contribution in [2.24, 2.45) is 0 Å². The molecular weight excluding hydrogens is 240 g/mol. The molecule has 0 amide bonds. The second-order valence-electron chi connectivity index (χ2n) is 5.25. The van der Waals surface area contributed by atoms with E-state index in [-0.39, 0.29) is 0 Å². The van der Waals surface area contributed by atoms with E-state index in [0.29, 0.717) is 12.1 Å². The maximum atomic E-state index is 5.79. The second-order valence-corrected chi connectivity index (χ2v) is 5.25. The third kappa shape index (κ3) is 4.28. The standard InChI is InChI=1S/C14H26N4O/c1-3-18-14(16-11-17-18)10-12(15-2)7-8-13-6-4-5-9-19-13/h11-13,15H,3-10H2,1-2H3. The van der Waals surface area contributed by atoms with Crippen LogP contribution in [-0.4, -0.2) is 40.6 Å². The maximum Gasteiger partial charge on any atom is 0.138 e. The molecular formula is C14H26N4O. The van der Waals surface area contributed by atoms with Gasteiger partial charge in [0, 0.05) is 25.6 Å². The molecule has 5 nitrogen and oxygen atoms in total. The van der Waals surface area contributed by atoms with Crippen LogP contribution in [0.5, 0.6) is 0 Å². The molecule has 2 rings (SSSR count). The monoisotopic (exact) mass is 266 g/mol. The first kappa shape index (κ1) is 14.5. The Morgan fingerprint density at radius 1 is 1.53 bits per heavy atom. The van der Waals surface area contributed by atoms with Crippen molar-refractivity contribution in [2.75, 3.05) is 13.7 Å². The highest BCUT2D eigenvalue weighted by molar-refractivity contribution is 4.89. The van der Waals surface area contributed by atoms with Gasteiger partial charge in [-0.15, -0.1) is 0 Å². The fourth-order valence-electron chi connectivity index (χ4n) is 2.70. The molecule has 1 aromatic rings. The predicted octanol–water partition coefficient (Wildman–Crippen LogP) is 1.78. The van der Waals surface area contributed by atoms with Gasteiger partial charge >= 0.3 is 0 Å². The molecule has 2 atom stereocenters. The smallest absolute Gasteiger partial charge is 0.138 e. The molecule has 108 valence electrons. The van der Waals surface area contributed by atoms with Crippen molar-refractivity contribution in [3.8, 4) is 0 Å². The van der Waals surface area contributed by atoms with Crippen LogP contribution >= 0.6 is 0 Å². The van der Waals surface area contributed by atoms with Crippen LogP contribution in [0.15, 0.2) is 6.33 Å². The van der Waals surface area contributed by atoms with Crippen molar-refractivity contribution in [3.05, 3.63) is 12.2 Å². The molecule has 0 bridgehead atoms. The van der Waals surface area contributed by atoms with Gasteiger partial charge in [0.25, 0.3) is 0 Å². The number of rotatable bonds is 7. The fourth-order valence-corrected chi connectivity index (χ4v) is 2.70. The molecule has 0 aliphatic carbocycles. The highest BCUT2D eigenvalue weighted by Crippen LogP contribution is 2.18. The van der Waals surface area contributed by atoms with Crippen molar-refractivity contribution in [2.45, 2.75) is 64.1 Å². The second kappa shape index (κ2) is 7.60. The molecule has 1 fully saturated rings. The normalized spacial score (nSPS) is 21.5. The number of likely N-dealkylation sites (N-methyl/N-ethyl adjacent to an activating group) is 1. The van der Waals surface area contributed by atoms with Gasteiger partial charge < -0.3 is 10.1 Å².